The number of thioether (sulfide) groups is 2. The average Bonchev–Trinajstić information content (AvgIpc) is 0.772. The fourth-order valence-electron chi connectivity index (χ4n) is 29.6. The monoisotopic (exact) mass is 1940 g/mol. The lowest BCUT2D eigenvalue weighted by atomic mass is 9.34. The number of esters is 4. The number of hydrogen-bond acceptors (Lipinski definition) is 18. The number of phenolic OH excluding ortho intramolecular Hbond substituents is 2. The topological polar surface area (TPSA) is 254 Å². The predicted octanol–water partition coefficient (Wildman–Crippen LogP) is 30.8. The molecule has 0 bridgehead atoms. The molecule has 15 nitrogen and oxygen atoms in total. The summed E-state index contributed by atoms with van der Waals surface area (Å²) in [6.45, 7) is 55.5. The molecule has 1 aliphatic heterocycles. The van der Waals surface area contributed by atoms with Gasteiger partial charge in [-0.25, -0.2) is 0 Å². The van der Waals surface area contributed by atoms with Crippen molar-refractivity contribution in [2.24, 2.45) is 88.1 Å². The number of benzene rings is 5. The van der Waals surface area contributed by atoms with Crippen LogP contribution in [0.4, 0.5) is 0 Å². The van der Waals surface area contributed by atoms with Crippen molar-refractivity contribution in [2.45, 2.75) is 364 Å². The number of fused-ring (bicyclic) bond motifs is 21. The summed E-state index contributed by atoms with van der Waals surface area (Å²) >= 11 is 7.81. The van der Waals surface area contributed by atoms with E-state index in [4.69, 9.17) is 14.2 Å². The minimum absolute atomic E-state index is 0. The van der Waals surface area contributed by atoms with Crippen LogP contribution < -0.4 is 9.47 Å². The van der Waals surface area contributed by atoms with E-state index in [1.165, 1.54) is 108 Å². The van der Waals surface area contributed by atoms with E-state index in [1.54, 1.807) is 6.08 Å². The second-order valence-corrected chi connectivity index (χ2v) is 50.9. The fraction of sp³-hybridized carbons (Fsp3) is 0.587. The smallest absolute Gasteiger partial charge is 0.310 e. The fourth-order valence-corrected chi connectivity index (χ4v) is 32.2. The molecule has 5 aromatic rings. The number of carbonyl (C=O) groups excluding carboxylic acids is 5. The van der Waals surface area contributed by atoms with Gasteiger partial charge in [-0.2, -0.15) is 15.8 Å². The van der Waals surface area contributed by atoms with Crippen LogP contribution in [0.25, 0.3) is 0 Å². The molecule has 1 heterocycles. The normalized spacial score (nSPS) is 36.3. The molecule has 19 rings (SSSR count). The lowest BCUT2D eigenvalue weighted by molar-refractivity contribution is -0.156. The molecule has 18 heteroatoms. The molecule has 2 unspecified atom stereocenters. The lowest BCUT2D eigenvalue weighted by Crippen LogP contribution is -2.62. The number of ketones is 1. The Hall–Kier alpha value is -8.83. The number of carbonyl (C=O) groups is 5. The van der Waals surface area contributed by atoms with Crippen LogP contribution in [-0.2, 0) is 44.3 Å². The third-order valence-corrected chi connectivity index (χ3v) is 41.6. The van der Waals surface area contributed by atoms with Crippen molar-refractivity contribution in [3.05, 3.63) is 205 Å². The maximum Gasteiger partial charge on any atom is 0.310 e. The highest BCUT2D eigenvalue weighted by molar-refractivity contribution is 8.00. The van der Waals surface area contributed by atoms with Crippen LogP contribution in [0, 0.1) is 157 Å². The summed E-state index contributed by atoms with van der Waals surface area (Å²) in [6.07, 6.45) is 36.4. The number of nitriles is 3. The summed E-state index contributed by atoms with van der Waals surface area (Å²) in [4.78, 5) is 60.3. The zero-order valence-electron chi connectivity index (χ0n) is 87.2. The molecule has 139 heavy (non-hydrogen) atoms. The second-order valence-electron chi connectivity index (χ2n) is 48.0. The van der Waals surface area contributed by atoms with Gasteiger partial charge in [0.1, 0.15) is 0 Å². The highest BCUT2D eigenvalue weighted by Crippen LogP contribution is 2.80. The molecule has 10 fully saturated rings. The van der Waals surface area contributed by atoms with Gasteiger partial charge in [-0.1, -0.05) is 185 Å². The molecule has 0 spiro atoms. The molecule has 0 aromatic heterocycles. The molecule has 20 atom stereocenters. The average molecular weight is 1940 g/mol. The third kappa shape index (κ3) is 19.0. The van der Waals surface area contributed by atoms with Gasteiger partial charge < -0.3 is 34.3 Å². The predicted molar refractivity (Wildman–Crippen MR) is 561 cm³/mol. The molecule has 14 aliphatic rings. The first-order chi connectivity index (χ1) is 64.4. The Balaban J connectivity index is 0.000000160. The van der Waals surface area contributed by atoms with E-state index in [9.17, 15) is 55.1 Å². The van der Waals surface area contributed by atoms with Crippen LogP contribution in [-0.4, -0.2) is 58.2 Å². The molecule has 1 saturated heterocycles. The molecular formula is C121H157N3O12S3. The second kappa shape index (κ2) is 39.0. The van der Waals surface area contributed by atoms with Crippen LogP contribution >= 0.6 is 36.2 Å². The first kappa shape index (κ1) is 107. The number of aryl methyl sites for hydroxylation is 3. The molecule has 9 saturated carbocycles. The first-order valence-corrected chi connectivity index (χ1v) is 53.0. The van der Waals surface area contributed by atoms with Crippen LogP contribution in [0.1, 0.15) is 354 Å². The van der Waals surface area contributed by atoms with Crippen molar-refractivity contribution in [2.75, 3.05) is 13.2 Å². The number of nitrogens with zero attached hydrogens (tertiary/aromatic N) is 3. The van der Waals surface area contributed by atoms with Crippen molar-refractivity contribution in [3.8, 4) is 41.2 Å². The van der Waals surface area contributed by atoms with Crippen LogP contribution in [0.5, 0.6) is 23.0 Å². The van der Waals surface area contributed by atoms with Crippen molar-refractivity contribution >= 4 is 65.8 Å². The van der Waals surface area contributed by atoms with E-state index >= 15 is 0 Å². The zero-order chi connectivity index (χ0) is 101. The summed E-state index contributed by atoms with van der Waals surface area (Å²) in [5.74, 6) is -0.265. The van der Waals surface area contributed by atoms with Gasteiger partial charge in [0.05, 0.1) is 45.0 Å². The number of rotatable bonds is 6. The van der Waals surface area contributed by atoms with Crippen molar-refractivity contribution in [1.29, 1.82) is 15.8 Å². The Bertz CT molecular complexity index is 5970. The third-order valence-electron chi connectivity index (χ3n) is 39.0. The minimum atomic E-state index is -0.562. The number of allylic oxidation sites excluding steroid dienone is 9. The number of aliphatic hydroxyl groups excluding tert-OH is 1. The Labute approximate surface area is 845 Å². The van der Waals surface area contributed by atoms with E-state index in [-0.39, 0.29) is 117 Å². The number of ether oxygens (including phenoxy) is 4. The van der Waals surface area contributed by atoms with E-state index < -0.39 is 23.9 Å². The van der Waals surface area contributed by atoms with E-state index in [1.807, 2.05) is 80.7 Å². The van der Waals surface area contributed by atoms with Gasteiger partial charge in [0.25, 0.3) is 0 Å². The Morgan fingerprint density at radius 2 is 0.813 bits per heavy atom. The van der Waals surface area contributed by atoms with Gasteiger partial charge >= 0.3 is 23.9 Å². The number of aromatic hydroxyl groups is 2. The van der Waals surface area contributed by atoms with E-state index in [0.717, 1.165) is 174 Å². The van der Waals surface area contributed by atoms with Gasteiger partial charge in [0.15, 0.2) is 28.8 Å². The Kier molecular flexibility index (Phi) is 30.2. The number of hydrogen-bond donors (Lipinski definition) is 4. The first-order valence-electron chi connectivity index (χ1n) is 50.8. The van der Waals surface area contributed by atoms with Crippen LogP contribution in [0.3, 0.4) is 0 Å². The highest BCUT2D eigenvalue weighted by Gasteiger charge is 2.71. The minimum Gasteiger partial charge on any atom is -0.504 e. The maximum absolute atomic E-state index is 12.6. The SMILES string of the molecule is C.C1CCOC1.CC(=O)OC(C)=O.CC(=O)Oc1cc2c(c(C)c1OC(C)=O)C(Sc1ccc(C)cc1)C=C1[C@@]2(C)CC[C@@]2(C)[C@@H]3C[C@](C)(C#N)CC[C@]3(C)CC[C@]12C.CC1=C(O)C(=O)C=C2C1=CC=C1[C@@]2(C)CC[C@@]2(C)[C@@H]3C[C@](C)(C#N)CC[C@]3(C)CC[C@]12C.Cc1ccc(S)cc1.Cc1ccc(SC2C=C3[C@@](C)(CC[C@@]4(C)[C@@H]5C[C@](C)(C#N)CC[C@]5(C)CC[C@]34C)c3cc(O)c(O)c(C)c32)cc1. The zero-order valence-corrected chi connectivity index (χ0v) is 89.7. The standard InChI is InChI=1S/C40H49NO4S.C36H45NO2S.C29H37NO2.C7H8S.C4H6O3.C4H8O.CH4/c1-24-10-12-28(13-11-24)46-31-21-32-38(7,29-20-30(44-26(3)42)35(45-27(4)43)25(2)34(29)31)17-19-40(9)33-22-36(5,23-41)14-15-37(33,6)16-18-39(32,40)8;1-22-8-10-24(11-9-22)40-27-19-28-34(5,25-18-26(38)31(39)23(2)30(25)27)15-17-36(7)29-20-32(3,21-37)12-13-33(29,4)14-16-35(28,36)6;1-18-19-7-8-22-27(4,20(19)15-21(31)24(18)32)12-14-29(6)23-16-25(2,17-30)9-10-26(23,3)11-13-28(22,29)5;1-6-2-4-7(8)5-3-6;1-3(5)7-4(2)6;1-2-4-5-3-1;/h10-13,20-21,31,33H,14-19,22H2,1-9H3;8-11,18-19,27,29,38-39H,12-17,20H2,1-7H3;7-8,15,23,32H,9-14,16H2,1-6H3;2-5,8H,1H3;1-2H3;1-4H2;1H4/t31?,33-,36-,37-,38+,39-,40+;27?,29-,32-,33-,34+,35-,36+;23-,25-,26-,27+,28-,29+;;;;/m111..../s1. The summed E-state index contributed by atoms with van der Waals surface area (Å²) in [5, 5.41) is 62.4. The largest absolute Gasteiger partial charge is 0.504 e. The number of aliphatic hydroxyl groups is 1. The highest BCUT2D eigenvalue weighted by atomic mass is 32.2. The number of phenols is 2. The summed E-state index contributed by atoms with van der Waals surface area (Å²) < 4.78 is 20.5. The lowest BCUT2D eigenvalue weighted by Gasteiger charge is -2.70. The Morgan fingerprint density at radius 3 is 1.17 bits per heavy atom. The van der Waals surface area contributed by atoms with E-state index in [2.05, 4.69) is 233 Å². The molecule has 0 amide bonds. The van der Waals surface area contributed by atoms with Crippen molar-refractivity contribution in [1.82, 2.24) is 0 Å². The van der Waals surface area contributed by atoms with Crippen molar-refractivity contribution in [3.63, 3.8) is 0 Å². The van der Waals surface area contributed by atoms with Crippen molar-refractivity contribution < 1.29 is 58.2 Å². The van der Waals surface area contributed by atoms with Gasteiger partial charge in [-0.3, -0.25) is 24.0 Å². The molecule has 5 aromatic carbocycles. The van der Waals surface area contributed by atoms with Gasteiger partial charge in [0, 0.05) is 83.0 Å². The van der Waals surface area contributed by atoms with Gasteiger partial charge in [0.2, 0.25) is 5.78 Å². The molecule has 0 radical (unpaired) electrons. The summed E-state index contributed by atoms with van der Waals surface area (Å²) in [5.41, 5.74) is 16.9. The van der Waals surface area contributed by atoms with Crippen LogP contribution in [0.2, 0.25) is 0 Å². The van der Waals surface area contributed by atoms with Gasteiger partial charge in [-0.05, 0) is 370 Å². The van der Waals surface area contributed by atoms with Crippen LogP contribution in [0.15, 0.2) is 169 Å². The molecule has 746 valence electrons. The summed E-state index contributed by atoms with van der Waals surface area (Å²) in [7, 11) is 0. The molecule has 13 aliphatic carbocycles. The van der Waals surface area contributed by atoms with Gasteiger partial charge in [-0.15, -0.1) is 36.2 Å². The summed E-state index contributed by atoms with van der Waals surface area (Å²) in [6, 6.07) is 37.5. The molecular weight excluding hydrogens is 1780 g/mol. The molecule has 3 N–H and O–H groups in total. The quantitative estimate of drug-likeness (QED) is 0.0308. The number of thiol groups is 1. The maximum atomic E-state index is 12.6. The Morgan fingerprint density at radius 1 is 0.446 bits per heavy atom. The van der Waals surface area contributed by atoms with E-state index in [0.29, 0.717) is 40.2 Å².